The molecule has 0 atom stereocenters. The van der Waals surface area contributed by atoms with Gasteiger partial charge in [0.1, 0.15) is 5.75 Å². The Morgan fingerprint density at radius 1 is 1.03 bits per heavy atom. The molecule has 7 nitrogen and oxygen atoms in total. The Morgan fingerprint density at radius 3 is 2.51 bits per heavy atom. The van der Waals surface area contributed by atoms with Gasteiger partial charge in [0.05, 0.1) is 17.9 Å². The van der Waals surface area contributed by atoms with E-state index in [-0.39, 0.29) is 16.9 Å². The molecule has 0 aliphatic rings. The van der Waals surface area contributed by atoms with Crippen molar-refractivity contribution in [3.8, 4) is 5.75 Å². The summed E-state index contributed by atoms with van der Waals surface area (Å²) in [5, 5.41) is 8.75. The van der Waals surface area contributed by atoms with E-state index in [2.05, 4.69) is 22.0 Å². The smallest absolute Gasteiger partial charge is 0.253 e. The minimum Gasteiger partial charge on any atom is -0.493 e. The van der Waals surface area contributed by atoms with Crippen LogP contribution in [0.1, 0.15) is 54.6 Å². The second-order valence-corrected chi connectivity index (χ2v) is 9.57. The predicted molar refractivity (Wildman–Crippen MR) is 144 cm³/mol. The number of rotatable bonds is 12. The van der Waals surface area contributed by atoms with Crippen LogP contribution in [0.4, 0.5) is 5.69 Å². The monoisotopic (exact) mass is 499 g/mol. The van der Waals surface area contributed by atoms with Crippen LogP contribution in [0.15, 0.2) is 42.5 Å². The third-order valence-electron chi connectivity index (χ3n) is 5.62. The fraction of sp³-hybridized carbons (Fsp3) is 0.444. The van der Waals surface area contributed by atoms with Gasteiger partial charge in [0.15, 0.2) is 5.11 Å². The number of benzene rings is 2. The molecule has 190 valence electrons. The number of nitrogens with one attached hydrogen (secondary N) is 3. The second kappa shape index (κ2) is 13.8. The van der Waals surface area contributed by atoms with Crippen LogP contribution < -0.4 is 20.7 Å². The number of para-hydroxylation sites is 1. The van der Waals surface area contributed by atoms with Crippen LogP contribution in [0.3, 0.4) is 0 Å². The number of anilines is 1. The molecule has 0 saturated carbocycles. The maximum absolute atomic E-state index is 12.9. The normalized spacial score (nSPS) is 11.0. The molecule has 0 fully saturated rings. The van der Waals surface area contributed by atoms with Crippen molar-refractivity contribution in [2.75, 3.05) is 32.2 Å². The zero-order valence-corrected chi connectivity index (χ0v) is 22.1. The van der Waals surface area contributed by atoms with E-state index in [0.29, 0.717) is 37.4 Å². The molecular formula is C27H37N3O4S. The molecule has 0 spiro atoms. The molecule has 8 heteroatoms. The number of ether oxygens (including phenoxy) is 2. The number of carbonyl (C=O) groups excluding carboxylic acids is 2. The van der Waals surface area contributed by atoms with Gasteiger partial charge in [-0.05, 0) is 74.7 Å². The molecule has 0 unspecified atom stereocenters. The van der Waals surface area contributed by atoms with E-state index in [9.17, 15) is 9.59 Å². The van der Waals surface area contributed by atoms with Crippen molar-refractivity contribution in [2.24, 2.45) is 5.41 Å². The van der Waals surface area contributed by atoms with Crippen molar-refractivity contribution in [1.29, 1.82) is 0 Å². The number of carbonyl (C=O) groups is 2. The summed E-state index contributed by atoms with van der Waals surface area (Å²) >= 11 is 5.36. The molecule has 0 saturated heterocycles. The highest BCUT2D eigenvalue weighted by atomic mass is 32.1. The lowest BCUT2D eigenvalue weighted by Gasteiger charge is -2.24. The lowest BCUT2D eigenvalue weighted by molar-refractivity contribution is -0.128. The summed E-state index contributed by atoms with van der Waals surface area (Å²) in [5.74, 6) is 0.463. The lowest BCUT2D eigenvalue weighted by Crippen LogP contribution is -2.42. The quantitative estimate of drug-likeness (QED) is 0.288. The third-order valence-corrected chi connectivity index (χ3v) is 5.82. The Bertz CT molecular complexity index is 1020. The van der Waals surface area contributed by atoms with E-state index in [4.69, 9.17) is 21.7 Å². The zero-order chi connectivity index (χ0) is 25.8. The number of hydrogen-bond acceptors (Lipinski definition) is 5. The molecule has 2 amide bonds. The van der Waals surface area contributed by atoms with Gasteiger partial charge < -0.3 is 25.4 Å². The maximum Gasteiger partial charge on any atom is 0.253 e. The zero-order valence-electron chi connectivity index (χ0n) is 21.3. The minimum atomic E-state index is -0.644. The molecule has 0 aromatic heterocycles. The van der Waals surface area contributed by atoms with E-state index >= 15 is 0 Å². The molecule has 2 aromatic rings. The minimum absolute atomic E-state index is 0.148. The molecule has 0 aliphatic heterocycles. The van der Waals surface area contributed by atoms with Crippen molar-refractivity contribution in [3.63, 3.8) is 0 Å². The van der Waals surface area contributed by atoms with Crippen LogP contribution in [-0.4, -0.2) is 43.8 Å². The summed E-state index contributed by atoms with van der Waals surface area (Å²) in [6, 6.07) is 13.2. The average molecular weight is 500 g/mol. The Labute approximate surface area is 214 Å². The number of methoxy groups -OCH3 is 1. The second-order valence-electron chi connectivity index (χ2n) is 9.16. The summed E-state index contributed by atoms with van der Waals surface area (Å²) < 4.78 is 10.9. The first-order chi connectivity index (χ1) is 16.6. The van der Waals surface area contributed by atoms with Gasteiger partial charge in [-0.2, -0.15) is 0 Å². The fourth-order valence-corrected chi connectivity index (χ4v) is 3.60. The fourth-order valence-electron chi connectivity index (χ4n) is 3.40. The first kappa shape index (κ1) is 28.3. The van der Waals surface area contributed by atoms with Gasteiger partial charge in [0.25, 0.3) is 5.91 Å². The summed E-state index contributed by atoms with van der Waals surface area (Å²) in [5.41, 5.74) is 2.57. The molecule has 3 N–H and O–H groups in total. The molecule has 0 aliphatic carbocycles. The van der Waals surface area contributed by atoms with Gasteiger partial charge in [-0.25, -0.2) is 0 Å². The molecule has 0 bridgehead atoms. The molecule has 0 heterocycles. The van der Waals surface area contributed by atoms with Crippen molar-refractivity contribution in [2.45, 2.75) is 47.0 Å². The Kier molecular flexibility index (Phi) is 11.1. The third kappa shape index (κ3) is 9.30. The van der Waals surface area contributed by atoms with Gasteiger partial charge in [-0.3, -0.25) is 9.59 Å². The van der Waals surface area contributed by atoms with Crippen molar-refractivity contribution in [1.82, 2.24) is 10.6 Å². The van der Waals surface area contributed by atoms with Gasteiger partial charge in [0.2, 0.25) is 5.91 Å². The molecular weight excluding hydrogens is 462 g/mol. The summed E-state index contributed by atoms with van der Waals surface area (Å²) in [7, 11) is 1.62. The van der Waals surface area contributed by atoms with E-state index in [1.807, 2.05) is 39.8 Å². The SMILES string of the molecule is COCCCNC(=O)c1ccccc1NC(=S)NC(=O)C(C)(C)CCCOc1cc(C)ccc1C. The average Bonchev–Trinajstić information content (AvgIpc) is 2.81. The Morgan fingerprint density at radius 2 is 1.77 bits per heavy atom. The standard InChI is InChI=1S/C27H37N3O4S/c1-19-12-13-20(2)23(18-19)34-17-8-14-27(3,4)25(32)30-26(35)29-22-11-7-6-10-21(22)24(31)28-15-9-16-33-5/h6-7,10-13,18H,8-9,14-17H2,1-5H3,(H,28,31)(H2,29,30,32,35). The predicted octanol–water partition coefficient (Wildman–Crippen LogP) is 4.77. The van der Waals surface area contributed by atoms with Gasteiger partial charge >= 0.3 is 0 Å². The van der Waals surface area contributed by atoms with Gasteiger partial charge in [-0.15, -0.1) is 0 Å². The van der Waals surface area contributed by atoms with Gasteiger partial charge in [0, 0.05) is 25.7 Å². The van der Waals surface area contributed by atoms with Crippen LogP contribution in [0.5, 0.6) is 5.75 Å². The van der Waals surface area contributed by atoms with E-state index in [1.54, 1.807) is 31.4 Å². The van der Waals surface area contributed by atoms with Crippen molar-refractivity contribution < 1.29 is 19.1 Å². The number of hydrogen-bond donors (Lipinski definition) is 3. The number of amides is 2. The molecule has 2 rings (SSSR count). The van der Waals surface area contributed by atoms with Crippen molar-refractivity contribution in [3.05, 3.63) is 59.2 Å². The highest BCUT2D eigenvalue weighted by Gasteiger charge is 2.28. The van der Waals surface area contributed by atoms with E-state index < -0.39 is 5.41 Å². The van der Waals surface area contributed by atoms with Crippen LogP contribution >= 0.6 is 12.2 Å². The molecule has 0 radical (unpaired) electrons. The van der Waals surface area contributed by atoms with Crippen LogP contribution in [0.25, 0.3) is 0 Å². The number of thiocarbonyl (C=S) groups is 1. The largest absolute Gasteiger partial charge is 0.493 e. The number of aryl methyl sites for hydroxylation is 2. The summed E-state index contributed by atoms with van der Waals surface area (Å²) in [6.07, 6.45) is 2.07. The Balaban J connectivity index is 1.85. The van der Waals surface area contributed by atoms with Gasteiger partial charge in [-0.1, -0.05) is 38.1 Å². The maximum atomic E-state index is 12.9. The Hall–Kier alpha value is -2.97. The van der Waals surface area contributed by atoms with Crippen molar-refractivity contribution >= 4 is 34.8 Å². The van der Waals surface area contributed by atoms with Crippen LogP contribution in [0, 0.1) is 19.3 Å². The van der Waals surface area contributed by atoms with E-state index in [1.165, 1.54) is 0 Å². The summed E-state index contributed by atoms with van der Waals surface area (Å²) in [4.78, 5) is 25.4. The first-order valence-electron chi connectivity index (χ1n) is 11.8. The van der Waals surface area contributed by atoms with Crippen LogP contribution in [0.2, 0.25) is 0 Å². The lowest BCUT2D eigenvalue weighted by atomic mass is 9.87. The topological polar surface area (TPSA) is 88.7 Å². The highest BCUT2D eigenvalue weighted by Crippen LogP contribution is 2.24. The molecule has 35 heavy (non-hydrogen) atoms. The summed E-state index contributed by atoms with van der Waals surface area (Å²) in [6.45, 7) is 9.41. The molecule has 2 aromatic carbocycles. The van der Waals surface area contributed by atoms with E-state index in [0.717, 1.165) is 29.7 Å². The highest BCUT2D eigenvalue weighted by molar-refractivity contribution is 7.80. The first-order valence-corrected chi connectivity index (χ1v) is 12.2. The van der Waals surface area contributed by atoms with Crippen LogP contribution in [-0.2, 0) is 9.53 Å².